The average molecular weight is 313 g/mol. The van der Waals surface area contributed by atoms with Crippen LogP contribution in [-0.2, 0) is 9.47 Å². The van der Waals surface area contributed by atoms with Gasteiger partial charge in [0.05, 0.1) is 16.8 Å². The molecule has 6 heteroatoms. The monoisotopic (exact) mass is 313 g/mol. The predicted octanol–water partition coefficient (Wildman–Crippen LogP) is 2.48. The second-order valence-corrected chi connectivity index (χ2v) is 5.04. The van der Waals surface area contributed by atoms with Gasteiger partial charge in [0.2, 0.25) is 0 Å². The lowest BCUT2D eigenvalue weighted by molar-refractivity contribution is -0.106. The van der Waals surface area contributed by atoms with Crippen LogP contribution < -0.4 is 4.90 Å². The van der Waals surface area contributed by atoms with Crippen molar-refractivity contribution < 1.29 is 24.2 Å². The van der Waals surface area contributed by atoms with Crippen LogP contribution in [0.2, 0.25) is 0 Å². The van der Waals surface area contributed by atoms with E-state index in [0.717, 1.165) is 4.90 Å². The minimum absolute atomic E-state index is 0.104. The standard InChI is InChI=1S/C17H15NO5/c1-22-17(23-2)10-7-8-14(19)13(9-10)18-15(20)11-5-3-4-6-12(11)16(18)21/h3-9,17,19H,1-2H3. The molecular weight excluding hydrogens is 298 g/mol. The third-order valence-electron chi connectivity index (χ3n) is 3.73. The molecule has 0 bridgehead atoms. The summed E-state index contributed by atoms with van der Waals surface area (Å²) in [7, 11) is 2.95. The highest BCUT2D eigenvalue weighted by Gasteiger charge is 2.37. The van der Waals surface area contributed by atoms with E-state index in [4.69, 9.17) is 9.47 Å². The summed E-state index contributed by atoms with van der Waals surface area (Å²) in [5, 5.41) is 10.1. The molecule has 118 valence electrons. The van der Waals surface area contributed by atoms with Crippen molar-refractivity contribution in [2.75, 3.05) is 19.1 Å². The van der Waals surface area contributed by atoms with Gasteiger partial charge in [0, 0.05) is 19.8 Å². The van der Waals surface area contributed by atoms with Gasteiger partial charge in [-0.05, 0) is 24.3 Å². The van der Waals surface area contributed by atoms with E-state index in [9.17, 15) is 14.7 Å². The summed E-state index contributed by atoms with van der Waals surface area (Å²) >= 11 is 0. The molecule has 0 radical (unpaired) electrons. The van der Waals surface area contributed by atoms with E-state index in [2.05, 4.69) is 0 Å². The molecule has 0 fully saturated rings. The van der Waals surface area contributed by atoms with Crippen LogP contribution in [0.25, 0.3) is 0 Å². The van der Waals surface area contributed by atoms with Crippen molar-refractivity contribution in [2.45, 2.75) is 6.29 Å². The maximum atomic E-state index is 12.5. The van der Waals surface area contributed by atoms with Crippen molar-refractivity contribution in [1.82, 2.24) is 0 Å². The molecule has 2 amide bonds. The summed E-state index contributed by atoms with van der Waals surface area (Å²) in [4.78, 5) is 26.0. The van der Waals surface area contributed by atoms with Crippen LogP contribution in [-0.4, -0.2) is 31.1 Å². The molecule has 2 aromatic rings. The van der Waals surface area contributed by atoms with E-state index >= 15 is 0 Å². The number of fused-ring (bicyclic) bond motifs is 1. The SMILES string of the molecule is COC(OC)c1ccc(O)c(N2C(=O)c3ccccc3C2=O)c1. The first-order valence-electron chi connectivity index (χ1n) is 6.94. The Hall–Kier alpha value is -2.70. The second-order valence-electron chi connectivity index (χ2n) is 5.04. The number of hydrogen-bond acceptors (Lipinski definition) is 5. The first kappa shape index (κ1) is 15.2. The maximum absolute atomic E-state index is 12.5. The molecular formula is C17H15NO5. The minimum Gasteiger partial charge on any atom is -0.506 e. The number of methoxy groups -OCH3 is 2. The van der Waals surface area contributed by atoms with Gasteiger partial charge in [-0.1, -0.05) is 18.2 Å². The molecule has 0 unspecified atom stereocenters. The van der Waals surface area contributed by atoms with E-state index in [1.165, 1.54) is 26.4 Å². The fourth-order valence-electron chi connectivity index (χ4n) is 2.64. The number of hydrogen-bond donors (Lipinski definition) is 1. The Morgan fingerprint density at radius 2 is 1.52 bits per heavy atom. The zero-order valence-corrected chi connectivity index (χ0v) is 12.6. The number of aromatic hydroxyl groups is 1. The summed E-state index contributed by atoms with van der Waals surface area (Å²) < 4.78 is 10.3. The molecule has 1 aliphatic rings. The number of anilines is 1. The van der Waals surface area contributed by atoms with Gasteiger partial charge in [-0.3, -0.25) is 9.59 Å². The lowest BCUT2D eigenvalue weighted by Crippen LogP contribution is -2.29. The fraction of sp³-hybridized carbons (Fsp3) is 0.176. The van der Waals surface area contributed by atoms with Crippen molar-refractivity contribution in [2.24, 2.45) is 0 Å². The van der Waals surface area contributed by atoms with Crippen LogP contribution in [0.4, 0.5) is 5.69 Å². The molecule has 3 rings (SSSR count). The molecule has 0 aromatic heterocycles. The molecule has 0 saturated heterocycles. The van der Waals surface area contributed by atoms with E-state index in [1.807, 2.05) is 0 Å². The zero-order valence-electron chi connectivity index (χ0n) is 12.6. The first-order valence-corrected chi connectivity index (χ1v) is 6.94. The molecule has 1 N–H and O–H groups in total. The molecule has 0 atom stereocenters. The third kappa shape index (κ3) is 2.38. The van der Waals surface area contributed by atoms with Crippen LogP contribution in [0.5, 0.6) is 5.75 Å². The number of phenolic OH excluding ortho intramolecular Hbond substituents is 1. The molecule has 2 aromatic carbocycles. The Morgan fingerprint density at radius 1 is 0.957 bits per heavy atom. The van der Waals surface area contributed by atoms with Gasteiger partial charge in [0.25, 0.3) is 11.8 Å². The van der Waals surface area contributed by atoms with E-state index in [0.29, 0.717) is 16.7 Å². The summed E-state index contributed by atoms with van der Waals surface area (Å²) in [5.74, 6) is -1.11. The van der Waals surface area contributed by atoms with Crippen LogP contribution in [0.3, 0.4) is 0 Å². The average Bonchev–Trinajstić information content (AvgIpc) is 2.82. The topological polar surface area (TPSA) is 76.1 Å². The number of amides is 2. The summed E-state index contributed by atoms with van der Waals surface area (Å²) in [6, 6.07) is 11.1. The van der Waals surface area contributed by atoms with Crippen molar-refractivity contribution in [1.29, 1.82) is 0 Å². The number of carbonyl (C=O) groups is 2. The molecule has 1 heterocycles. The Kier molecular flexibility index (Phi) is 3.85. The minimum atomic E-state index is -0.662. The van der Waals surface area contributed by atoms with Crippen LogP contribution >= 0.6 is 0 Å². The molecule has 6 nitrogen and oxygen atoms in total. The Labute approximate surface area is 132 Å². The molecule has 0 saturated carbocycles. The number of ether oxygens (including phenoxy) is 2. The fourth-order valence-corrected chi connectivity index (χ4v) is 2.64. The highest BCUT2D eigenvalue weighted by atomic mass is 16.7. The Balaban J connectivity index is 2.08. The second kappa shape index (κ2) is 5.83. The molecule has 1 aliphatic heterocycles. The number of rotatable bonds is 4. The van der Waals surface area contributed by atoms with Crippen LogP contribution in [0.1, 0.15) is 32.6 Å². The summed E-state index contributed by atoms with van der Waals surface area (Å²) in [5.41, 5.74) is 1.32. The van der Waals surface area contributed by atoms with Crippen molar-refractivity contribution in [3.8, 4) is 5.75 Å². The zero-order chi connectivity index (χ0) is 16.6. The lowest BCUT2D eigenvalue weighted by Gasteiger charge is -2.19. The Morgan fingerprint density at radius 3 is 2.04 bits per heavy atom. The van der Waals surface area contributed by atoms with E-state index in [1.54, 1.807) is 30.3 Å². The number of carbonyl (C=O) groups excluding carboxylic acids is 2. The van der Waals surface area contributed by atoms with Crippen LogP contribution in [0.15, 0.2) is 42.5 Å². The summed E-state index contributed by atoms with van der Waals surface area (Å²) in [6.45, 7) is 0. The van der Waals surface area contributed by atoms with Crippen molar-refractivity contribution >= 4 is 17.5 Å². The highest BCUT2D eigenvalue weighted by Crippen LogP contribution is 2.36. The molecule has 0 spiro atoms. The maximum Gasteiger partial charge on any atom is 0.266 e. The quantitative estimate of drug-likeness (QED) is 0.693. The first-order chi connectivity index (χ1) is 11.1. The predicted molar refractivity (Wildman–Crippen MR) is 82.4 cm³/mol. The number of phenols is 1. The molecule has 0 aliphatic carbocycles. The third-order valence-corrected chi connectivity index (χ3v) is 3.73. The smallest absolute Gasteiger partial charge is 0.266 e. The largest absolute Gasteiger partial charge is 0.506 e. The normalized spacial score (nSPS) is 13.8. The highest BCUT2D eigenvalue weighted by molar-refractivity contribution is 6.34. The van der Waals surface area contributed by atoms with Crippen molar-refractivity contribution in [3.63, 3.8) is 0 Å². The van der Waals surface area contributed by atoms with Gasteiger partial charge in [0.1, 0.15) is 5.75 Å². The number of imide groups is 1. The van der Waals surface area contributed by atoms with E-state index in [-0.39, 0.29) is 11.4 Å². The molecule has 23 heavy (non-hydrogen) atoms. The van der Waals surface area contributed by atoms with Crippen molar-refractivity contribution in [3.05, 3.63) is 59.2 Å². The van der Waals surface area contributed by atoms with Gasteiger partial charge in [0.15, 0.2) is 6.29 Å². The van der Waals surface area contributed by atoms with Gasteiger partial charge >= 0.3 is 0 Å². The van der Waals surface area contributed by atoms with E-state index < -0.39 is 18.1 Å². The number of benzene rings is 2. The number of nitrogens with zero attached hydrogens (tertiary/aromatic N) is 1. The van der Waals surface area contributed by atoms with Crippen LogP contribution in [0, 0.1) is 0 Å². The summed E-state index contributed by atoms with van der Waals surface area (Å²) in [6.07, 6.45) is -0.662. The van der Waals surface area contributed by atoms with Gasteiger partial charge < -0.3 is 14.6 Å². The van der Waals surface area contributed by atoms with Gasteiger partial charge in [-0.2, -0.15) is 0 Å². The Bertz CT molecular complexity index is 747. The van der Waals surface area contributed by atoms with Gasteiger partial charge in [-0.25, -0.2) is 4.90 Å². The van der Waals surface area contributed by atoms with Gasteiger partial charge in [-0.15, -0.1) is 0 Å². The lowest BCUT2D eigenvalue weighted by atomic mass is 10.1.